The Bertz CT molecular complexity index is 307. The van der Waals surface area contributed by atoms with Gasteiger partial charge in [0.2, 0.25) is 5.91 Å². The largest absolute Gasteiger partial charge is 0.469 e. The number of hydrogen-bond donors (Lipinski definition) is 0. The third-order valence-corrected chi connectivity index (χ3v) is 3.19. The maximum atomic E-state index is 12.5. The fourth-order valence-corrected chi connectivity index (χ4v) is 2.15. The lowest BCUT2D eigenvalue weighted by atomic mass is 10.1. The molecule has 0 radical (unpaired) electrons. The predicted molar refractivity (Wildman–Crippen MR) is 85.0 cm³/mol. The molecule has 1 amide bonds. The molecule has 124 valence electrons. The highest BCUT2D eigenvalue weighted by Crippen LogP contribution is 2.06. The van der Waals surface area contributed by atoms with Crippen LogP contribution in [0.3, 0.4) is 0 Å². The number of ether oxygens (including phenoxy) is 1. The smallest absolute Gasteiger partial charge is 0.306 e. The molecule has 0 bridgehead atoms. The van der Waals surface area contributed by atoms with Crippen molar-refractivity contribution < 1.29 is 14.3 Å². The highest BCUT2D eigenvalue weighted by Gasteiger charge is 2.19. The first-order valence-corrected chi connectivity index (χ1v) is 7.87. The van der Waals surface area contributed by atoms with Crippen molar-refractivity contribution in [1.29, 1.82) is 0 Å². The van der Waals surface area contributed by atoms with E-state index in [0.29, 0.717) is 31.3 Å². The summed E-state index contributed by atoms with van der Waals surface area (Å²) in [6.45, 7) is 13.7. The minimum Gasteiger partial charge on any atom is -0.469 e. The average Bonchev–Trinajstić information content (AvgIpc) is 2.40. The fourth-order valence-electron chi connectivity index (χ4n) is 2.15. The number of esters is 1. The van der Waals surface area contributed by atoms with Crippen molar-refractivity contribution in [2.75, 3.05) is 39.8 Å². The third kappa shape index (κ3) is 9.45. The van der Waals surface area contributed by atoms with Crippen LogP contribution in [-0.4, -0.2) is 61.5 Å². The van der Waals surface area contributed by atoms with Gasteiger partial charge in [0.05, 0.1) is 20.1 Å². The highest BCUT2D eigenvalue weighted by molar-refractivity contribution is 5.78. The van der Waals surface area contributed by atoms with E-state index in [1.165, 1.54) is 7.11 Å². The number of carbonyl (C=O) groups excluding carboxylic acids is 2. The lowest BCUT2D eigenvalue weighted by Gasteiger charge is -2.29. The molecule has 0 aliphatic heterocycles. The molecule has 0 atom stereocenters. The molecule has 0 aromatic carbocycles. The Hall–Kier alpha value is -1.10. The van der Waals surface area contributed by atoms with Crippen LogP contribution in [0.15, 0.2) is 0 Å². The first-order valence-electron chi connectivity index (χ1n) is 7.87. The molecule has 0 aliphatic carbocycles. The second kappa shape index (κ2) is 10.6. The lowest BCUT2D eigenvalue weighted by Crippen LogP contribution is -2.44. The Balaban J connectivity index is 4.50. The number of hydrogen-bond acceptors (Lipinski definition) is 4. The van der Waals surface area contributed by atoms with Gasteiger partial charge >= 0.3 is 5.97 Å². The number of amides is 1. The zero-order valence-corrected chi connectivity index (χ0v) is 14.5. The van der Waals surface area contributed by atoms with E-state index < -0.39 is 0 Å². The molecule has 0 aromatic rings. The van der Waals surface area contributed by atoms with Gasteiger partial charge in [-0.05, 0) is 18.4 Å². The molecule has 5 nitrogen and oxygen atoms in total. The van der Waals surface area contributed by atoms with Gasteiger partial charge in [0.25, 0.3) is 0 Å². The monoisotopic (exact) mass is 300 g/mol. The minimum absolute atomic E-state index is 0.143. The van der Waals surface area contributed by atoms with Crippen LogP contribution in [0.25, 0.3) is 0 Å². The Morgan fingerprint density at radius 3 is 1.95 bits per heavy atom. The Morgan fingerprint density at radius 2 is 1.57 bits per heavy atom. The number of methoxy groups -OCH3 is 1. The van der Waals surface area contributed by atoms with Gasteiger partial charge in [-0.15, -0.1) is 0 Å². The molecule has 0 spiro atoms. The zero-order valence-electron chi connectivity index (χ0n) is 14.5. The summed E-state index contributed by atoms with van der Waals surface area (Å²) in [5.74, 6) is 0.821. The van der Waals surface area contributed by atoms with Gasteiger partial charge in [-0.3, -0.25) is 14.5 Å². The van der Waals surface area contributed by atoms with Crippen LogP contribution >= 0.6 is 0 Å². The van der Waals surface area contributed by atoms with Gasteiger partial charge in [-0.25, -0.2) is 0 Å². The van der Waals surface area contributed by atoms with E-state index in [4.69, 9.17) is 0 Å². The van der Waals surface area contributed by atoms with E-state index in [2.05, 4.69) is 32.4 Å². The van der Waals surface area contributed by atoms with E-state index in [1.54, 1.807) is 0 Å². The average molecular weight is 300 g/mol. The number of likely N-dealkylation sites (N-methyl/N-ethyl adjacent to an activating group) is 1. The first-order chi connectivity index (χ1) is 9.79. The van der Waals surface area contributed by atoms with E-state index in [1.807, 2.05) is 16.7 Å². The molecule has 0 aromatic heterocycles. The summed E-state index contributed by atoms with van der Waals surface area (Å²) in [7, 11) is 1.39. The summed E-state index contributed by atoms with van der Waals surface area (Å²) in [6.07, 6.45) is 0.325. The Morgan fingerprint density at radius 1 is 1.05 bits per heavy atom. The topological polar surface area (TPSA) is 49.9 Å². The van der Waals surface area contributed by atoms with Crippen LogP contribution in [0.4, 0.5) is 0 Å². The van der Waals surface area contributed by atoms with Crippen molar-refractivity contribution in [2.45, 2.75) is 41.0 Å². The lowest BCUT2D eigenvalue weighted by molar-refractivity contribution is -0.141. The van der Waals surface area contributed by atoms with Crippen molar-refractivity contribution in [3.05, 3.63) is 0 Å². The molecular weight excluding hydrogens is 268 g/mol. The molecule has 21 heavy (non-hydrogen) atoms. The van der Waals surface area contributed by atoms with Gasteiger partial charge in [0.15, 0.2) is 0 Å². The van der Waals surface area contributed by atoms with E-state index >= 15 is 0 Å². The molecule has 0 saturated heterocycles. The first kappa shape index (κ1) is 19.9. The van der Waals surface area contributed by atoms with Crippen LogP contribution in [0, 0.1) is 11.8 Å². The minimum atomic E-state index is -0.234. The predicted octanol–water partition coefficient (Wildman–Crippen LogP) is 2.01. The summed E-state index contributed by atoms with van der Waals surface area (Å²) in [5.41, 5.74) is 0. The maximum Gasteiger partial charge on any atom is 0.306 e. The van der Waals surface area contributed by atoms with Crippen LogP contribution in [0.5, 0.6) is 0 Å². The second-order valence-electron chi connectivity index (χ2n) is 6.28. The van der Waals surface area contributed by atoms with Crippen LogP contribution < -0.4 is 0 Å². The number of rotatable bonds is 10. The van der Waals surface area contributed by atoms with Gasteiger partial charge < -0.3 is 9.64 Å². The van der Waals surface area contributed by atoms with Crippen molar-refractivity contribution >= 4 is 11.9 Å². The molecule has 0 saturated carbocycles. The summed E-state index contributed by atoms with van der Waals surface area (Å²) < 4.78 is 4.64. The fraction of sp³-hybridized carbons (Fsp3) is 0.875. The van der Waals surface area contributed by atoms with Crippen LogP contribution in [0.1, 0.15) is 41.0 Å². The number of nitrogens with zero attached hydrogens (tertiary/aromatic N) is 2. The van der Waals surface area contributed by atoms with Crippen molar-refractivity contribution in [3.8, 4) is 0 Å². The summed E-state index contributed by atoms with van der Waals surface area (Å²) in [6, 6.07) is 0. The highest BCUT2D eigenvalue weighted by atomic mass is 16.5. The molecule has 5 heteroatoms. The van der Waals surface area contributed by atoms with Crippen LogP contribution in [-0.2, 0) is 14.3 Å². The van der Waals surface area contributed by atoms with Gasteiger partial charge in [-0.1, -0.05) is 34.6 Å². The van der Waals surface area contributed by atoms with E-state index in [-0.39, 0.29) is 11.9 Å². The Labute approximate surface area is 129 Å². The maximum absolute atomic E-state index is 12.5. The number of carbonyl (C=O) groups is 2. The SMILES string of the molecule is CCN(CCC(=O)OC)CC(=O)N(CC(C)C)CC(C)C. The Kier molecular flexibility index (Phi) is 10.0. The van der Waals surface area contributed by atoms with Gasteiger partial charge in [-0.2, -0.15) is 0 Å². The van der Waals surface area contributed by atoms with Crippen LogP contribution in [0.2, 0.25) is 0 Å². The summed E-state index contributed by atoms with van der Waals surface area (Å²) >= 11 is 0. The quantitative estimate of drug-likeness (QED) is 0.579. The zero-order chi connectivity index (χ0) is 16.4. The molecular formula is C16H32N2O3. The molecule has 0 aliphatic rings. The van der Waals surface area contributed by atoms with Crippen molar-refractivity contribution in [3.63, 3.8) is 0 Å². The third-order valence-electron chi connectivity index (χ3n) is 3.19. The standard InChI is InChI=1S/C16H32N2O3/c1-7-17(9-8-16(20)21-6)12-15(19)18(10-13(2)3)11-14(4)5/h13-14H,7-12H2,1-6H3. The molecule has 0 unspecified atom stereocenters. The molecule has 0 rings (SSSR count). The van der Waals surface area contributed by atoms with Crippen molar-refractivity contribution in [2.24, 2.45) is 11.8 Å². The summed E-state index contributed by atoms with van der Waals surface area (Å²) in [4.78, 5) is 27.6. The van der Waals surface area contributed by atoms with E-state index in [9.17, 15) is 9.59 Å². The second-order valence-corrected chi connectivity index (χ2v) is 6.28. The molecule has 0 heterocycles. The van der Waals surface area contributed by atoms with E-state index in [0.717, 1.165) is 19.6 Å². The normalized spacial score (nSPS) is 11.3. The molecule has 0 N–H and O–H groups in total. The molecule has 0 fully saturated rings. The van der Waals surface area contributed by atoms with Crippen molar-refractivity contribution in [1.82, 2.24) is 9.80 Å². The summed E-state index contributed by atoms with van der Waals surface area (Å²) in [5, 5.41) is 0. The van der Waals surface area contributed by atoms with Gasteiger partial charge in [0, 0.05) is 19.6 Å². The van der Waals surface area contributed by atoms with Gasteiger partial charge in [0.1, 0.15) is 0 Å².